The van der Waals surface area contributed by atoms with Gasteiger partial charge in [0.05, 0.1) is 18.1 Å². The van der Waals surface area contributed by atoms with Gasteiger partial charge in [-0.3, -0.25) is 9.59 Å². The summed E-state index contributed by atoms with van der Waals surface area (Å²) in [7, 11) is 0. The van der Waals surface area contributed by atoms with Crippen molar-refractivity contribution in [2.45, 2.75) is 87.9 Å². The minimum absolute atomic E-state index is 0. The van der Waals surface area contributed by atoms with E-state index in [4.69, 9.17) is 10.5 Å². The molecule has 4 N–H and O–H groups in total. The molecule has 2 unspecified atom stereocenters. The summed E-state index contributed by atoms with van der Waals surface area (Å²) in [5, 5.41) is 6.24. The average Bonchev–Trinajstić information content (AvgIpc) is 3.66. The van der Waals surface area contributed by atoms with Gasteiger partial charge in [0.1, 0.15) is 12.6 Å². The van der Waals surface area contributed by atoms with Crippen LogP contribution in [-0.2, 0) is 20.7 Å². The maximum atomic E-state index is 13.9. The van der Waals surface area contributed by atoms with E-state index in [0.29, 0.717) is 6.42 Å². The molecule has 3 aliphatic carbocycles. The Morgan fingerprint density at radius 1 is 0.809 bits per heavy atom. The molecule has 3 aromatic rings. The zero-order valence-corrected chi connectivity index (χ0v) is 27.6. The molecule has 4 atom stereocenters. The number of likely N-dealkylation sites (tertiary alicyclic amines) is 1. The summed E-state index contributed by atoms with van der Waals surface area (Å²) in [5.74, 6) is -0.329. The van der Waals surface area contributed by atoms with Crippen molar-refractivity contribution in [3.63, 3.8) is 0 Å². The number of hydrogen-bond donors (Lipinski definition) is 3. The minimum atomic E-state index is -0.713. The van der Waals surface area contributed by atoms with E-state index in [1.807, 2.05) is 36.4 Å². The fourth-order valence-corrected chi connectivity index (χ4v) is 8.30. The van der Waals surface area contributed by atoms with E-state index >= 15 is 0 Å². The molecule has 1 saturated carbocycles. The van der Waals surface area contributed by atoms with Crippen molar-refractivity contribution in [3.8, 4) is 11.1 Å². The van der Waals surface area contributed by atoms with Gasteiger partial charge < -0.3 is 26.0 Å². The van der Waals surface area contributed by atoms with Crippen LogP contribution in [0.3, 0.4) is 0 Å². The van der Waals surface area contributed by atoms with Gasteiger partial charge in [0.25, 0.3) is 0 Å². The summed E-state index contributed by atoms with van der Waals surface area (Å²) in [6, 6.07) is 22.8. The molecule has 0 radical (unpaired) electrons. The molecule has 2 fully saturated rings. The predicted molar refractivity (Wildman–Crippen MR) is 184 cm³/mol. The molecule has 1 heterocycles. The van der Waals surface area contributed by atoms with E-state index < -0.39 is 24.2 Å². The van der Waals surface area contributed by atoms with E-state index in [1.54, 1.807) is 4.90 Å². The number of aryl methyl sites for hydroxylation is 1. The van der Waals surface area contributed by atoms with Gasteiger partial charge in [-0.25, -0.2) is 4.79 Å². The minimum Gasteiger partial charge on any atom is -0.449 e. The molecule has 4 aliphatic rings. The van der Waals surface area contributed by atoms with Crippen LogP contribution in [0, 0.1) is 5.92 Å². The molecule has 1 aliphatic heterocycles. The highest BCUT2D eigenvalue weighted by Gasteiger charge is 2.44. The van der Waals surface area contributed by atoms with Crippen LogP contribution >= 0.6 is 12.4 Å². The Kier molecular flexibility index (Phi) is 10.2. The smallest absolute Gasteiger partial charge is 0.407 e. The summed E-state index contributed by atoms with van der Waals surface area (Å²) in [6.07, 6.45) is 7.78. The second-order valence-corrected chi connectivity index (χ2v) is 13.5. The molecule has 8 nitrogen and oxygen atoms in total. The molecule has 248 valence electrons. The van der Waals surface area contributed by atoms with Crippen LogP contribution in [0.4, 0.5) is 4.79 Å². The highest BCUT2D eigenvalue weighted by Crippen LogP contribution is 2.44. The first-order valence-corrected chi connectivity index (χ1v) is 17.0. The number of amides is 3. The largest absolute Gasteiger partial charge is 0.449 e. The standard InChI is InChI=1S/C38H44N4O4.ClH/c39-35(25-12-2-1-3-13-25)37(44)42-22-26(21-34(42)36(43)41-33-20-10-14-24-11-4-5-15-27(24)33)40-38(45)46-23-32-30-18-8-6-16-28(30)29-17-7-9-19-31(29)32;/h4-9,11,15-19,25-26,32-35H,1-3,10,12-14,20-23,39H2,(H,40,45)(H,41,43);1H/t26-,33?,34-,35?;/m0./s1. The Hall–Kier alpha value is -3.88. The van der Waals surface area contributed by atoms with Gasteiger partial charge in [-0.1, -0.05) is 92.1 Å². The number of benzene rings is 3. The van der Waals surface area contributed by atoms with Gasteiger partial charge in [-0.2, -0.15) is 0 Å². The van der Waals surface area contributed by atoms with Gasteiger partial charge in [0.15, 0.2) is 0 Å². The van der Waals surface area contributed by atoms with Crippen molar-refractivity contribution in [1.82, 2.24) is 15.5 Å². The van der Waals surface area contributed by atoms with Crippen molar-refractivity contribution in [1.29, 1.82) is 0 Å². The van der Waals surface area contributed by atoms with Crippen LogP contribution in [0.1, 0.15) is 85.6 Å². The van der Waals surface area contributed by atoms with Crippen LogP contribution in [0.5, 0.6) is 0 Å². The average molecular weight is 657 g/mol. The van der Waals surface area contributed by atoms with Crippen molar-refractivity contribution in [2.75, 3.05) is 13.2 Å². The summed E-state index contributed by atoms with van der Waals surface area (Å²) in [4.78, 5) is 42.6. The zero-order valence-electron chi connectivity index (χ0n) is 26.7. The number of nitrogens with zero attached hydrogens (tertiary/aromatic N) is 1. The molecular weight excluding hydrogens is 612 g/mol. The van der Waals surface area contributed by atoms with Crippen LogP contribution in [-0.4, -0.2) is 54.1 Å². The van der Waals surface area contributed by atoms with Gasteiger partial charge >= 0.3 is 6.09 Å². The Morgan fingerprint density at radius 3 is 2.15 bits per heavy atom. The van der Waals surface area contributed by atoms with Crippen molar-refractivity contribution < 1.29 is 19.1 Å². The van der Waals surface area contributed by atoms with Gasteiger partial charge in [0, 0.05) is 12.5 Å². The summed E-state index contributed by atoms with van der Waals surface area (Å²) < 4.78 is 5.82. The third-order valence-electron chi connectivity index (χ3n) is 10.7. The Morgan fingerprint density at radius 2 is 1.45 bits per heavy atom. The van der Waals surface area contributed by atoms with E-state index in [1.165, 1.54) is 23.1 Å². The third-order valence-corrected chi connectivity index (χ3v) is 10.7. The molecular formula is C38H45ClN4O4. The zero-order chi connectivity index (χ0) is 31.6. The number of alkyl carbamates (subject to hydrolysis) is 1. The number of nitrogens with one attached hydrogen (secondary N) is 2. The Balaban J connectivity index is 0.00000386. The quantitative estimate of drug-likeness (QED) is 0.288. The van der Waals surface area contributed by atoms with Gasteiger partial charge in [0.2, 0.25) is 11.8 Å². The van der Waals surface area contributed by atoms with E-state index in [9.17, 15) is 14.4 Å². The number of ether oxygens (including phenoxy) is 1. The van der Waals surface area contributed by atoms with Crippen LogP contribution in [0.15, 0.2) is 72.8 Å². The third kappa shape index (κ3) is 6.76. The first-order valence-electron chi connectivity index (χ1n) is 17.0. The highest BCUT2D eigenvalue weighted by molar-refractivity contribution is 5.91. The predicted octanol–water partition coefficient (Wildman–Crippen LogP) is 6.02. The van der Waals surface area contributed by atoms with E-state index in [2.05, 4.69) is 47.0 Å². The lowest BCUT2D eigenvalue weighted by atomic mass is 9.83. The molecule has 1 saturated heterocycles. The Bertz CT molecular complexity index is 1560. The number of hydrogen-bond acceptors (Lipinski definition) is 5. The molecule has 0 bridgehead atoms. The number of fused-ring (bicyclic) bond motifs is 4. The first-order chi connectivity index (χ1) is 22.5. The van der Waals surface area contributed by atoms with Crippen molar-refractivity contribution in [3.05, 3.63) is 95.1 Å². The second kappa shape index (κ2) is 14.5. The summed E-state index contributed by atoms with van der Waals surface area (Å²) in [6.45, 7) is 0.426. The highest BCUT2D eigenvalue weighted by atomic mass is 35.5. The molecule has 0 aromatic heterocycles. The molecule has 47 heavy (non-hydrogen) atoms. The van der Waals surface area contributed by atoms with E-state index in [-0.39, 0.29) is 55.3 Å². The fraction of sp³-hybridized carbons (Fsp3) is 0.447. The maximum Gasteiger partial charge on any atom is 0.407 e. The van der Waals surface area contributed by atoms with E-state index in [0.717, 1.165) is 61.6 Å². The number of carbonyl (C=O) groups excluding carboxylic acids is 3. The molecule has 3 aromatic carbocycles. The SMILES string of the molecule is Cl.NC(C(=O)N1C[C@@H](NC(=O)OCC2c3ccccc3-c3ccccc32)C[C@H]1C(=O)NC1CCCc2ccccc21)C1CCCCC1. The molecule has 3 amide bonds. The lowest BCUT2D eigenvalue weighted by Gasteiger charge is -2.33. The normalized spacial score (nSPS) is 22.7. The van der Waals surface area contributed by atoms with Gasteiger partial charge in [-0.15, -0.1) is 12.4 Å². The number of carbonyl (C=O) groups is 3. The lowest BCUT2D eigenvalue weighted by molar-refractivity contribution is -0.140. The fourth-order valence-electron chi connectivity index (χ4n) is 8.30. The lowest BCUT2D eigenvalue weighted by Crippen LogP contribution is -2.54. The first kappa shape index (κ1) is 33.0. The van der Waals surface area contributed by atoms with Crippen LogP contribution in [0.2, 0.25) is 0 Å². The number of halogens is 1. The van der Waals surface area contributed by atoms with Gasteiger partial charge in [-0.05, 0) is 77.8 Å². The monoisotopic (exact) mass is 656 g/mol. The number of nitrogens with two attached hydrogens (primary N) is 1. The Labute approximate surface area is 283 Å². The maximum absolute atomic E-state index is 13.9. The summed E-state index contributed by atoms with van der Waals surface area (Å²) >= 11 is 0. The van der Waals surface area contributed by atoms with Crippen molar-refractivity contribution >= 4 is 30.3 Å². The van der Waals surface area contributed by atoms with Crippen LogP contribution < -0.4 is 16.4 Å². The number of rotatable bonds is 7. The topological polar surface area (TPSA) is 114 Å². The molecule has 7 rings (SSSR count). The summed E-state index contributed by atoms with van der Waals surface area (Å²) in [5.41, 5.74) is 13.6. The molecule has 9 heteroatoms. The van der Waals surface area contributed by atoms with Crippen molar-refractivity contribution in [2.24, 2.45) is 11.7 Å². The van der Waals surface area contributed by atoms with Crippen LogP contribution in [0.25, 0.3) is 11.1 Å². The molecule has 0 spiro atoms. The second-order valence-electron chi connectivity index (χ2n) is 13.5.